The van der Waals surface area contributed by atoms with E-state index in [0.29, 0.717) is 0 Å². The van der Waals surface area contributed by atoms with Gasteiger partial charge in [0.25, 0.3) is 0 Å². The molecule has 19 heavy (non-hydrogen) atoms. The van der Waals surface area contributed by atoms with E-state index in [1.807, 2.05) is 6.92 Å². The average Bonchev–Trinajstić information content (AvgIpc) is 2.80. The molecule has 0 saturated carbocycles. The lowest BCUT2D eigenvalue weighted by molar-refractivity contribution is 0.259. The first kappa shape index (κ1) is 14.7. The highest BCUT2D eigenvalue weighted by Crippen LogP contribution is 2.44. The first-order valence-corrected chi connectivity index (χ1v) is 7.95. The van der Waals surface area contributed by atoms with Crippen molar-refractivity contribution in [2.45, 2.75) is 39.3 Å². The van der Waals surface area contributed by atoms with Crippen LogP contribution in [0.3, 0.4) is 0 Å². The van der Waals surface area contributed by atoms with Crippen LogP contribution in [0.5, 0.6) is 0 Å². The zero-order valence-corrected chi connectivity index (χ0v) is 13.0. The minimum absolute atomic E-state index is 0.0473. The molecule has 0 amide bonds. The predicted octanol–water partition coefficient (Wildman–Crippen LogP) is 2.15. The maximum atomic E-state index is 12.1. The molecular weight excluding hydrogens is 265 g/mol. The van der Waals surface area contributed by atoms with E-state index in [9.17, 15) is 4.57 Å². The molecule has 0 unspecified atom stereocenters. The monoisotopic (exact) mass is 287 g/mol. The summed E-state index contributed by atoms with van der Waals surface area (Å²) in [5.74, 6) is 1.02. The topological polar surface area (TPSA) is 63.2 Å². The van der Waals surface area contributed by atoms with Crippen molar-refractivity contribution in [3.05, 3.63) is 11.3 Å². The van der Waals surface area contributed by atoms with E-state index in [1.54, 1.807) is 0 Å². The second-order valence-corrected chi connectivity index (χ2v) is 6.97. The molecule has 0 aromatic carbocycles. The second kappa shape index (κ2) is 5.37. The number of nitrogens with zero attached hydrogens (tertiary/aromatic N) is 2. The van der Waals surface area contributed by atoms with Gasteiger partial charge in [-0.15, -0.1) is 0 Å². The van der Waals surface area contributed by atoms with Gasteiger partial charge in [0.05, 0.1) is 6.04 Å². The van der Waals surface area contributed by atoms with Crippen molar-refractivity contribution in [2.24, 2.45) is 4.99 Å². The maximum absolute atomic E-state index is 12.1. The maximum Gasteiger partial charge on any atom is 0.405 e. The van der Waals surface area contributed by atoms with Crippen molar-refractivity contribution >= 4 is 13.6 Å². The molecule has 0 aromatic heterocycles. The Kier molecular flexibility index (Phi) is 4.16. The van der Waals surface area contributed by atoms with Crippen LogP contribution in [0.2, 0.25) is 0 Å². The van der Waals surface area contributed by atoms with Crippen LogP contribution < -0.4 is 5.09 Å². The summed E-state index contributed by atoms with van der Waals surface area (Å²) >= 11 is 0. The third kappa shape index (κ3) is 2.77. The largest absolute Gasteiger partial charge is 0.405 e. The third-order valence-electron chi connectivity index (χ3n) is 3.84. The number of rotatable bonds is 4. The lowest BCUT2D eigenvalue weighted by atomic mass is 10.0. The summed E-state index contributed by atoms with van der Waals surface area (Å²) in [7, 11) is -0.402. The quantitative estimate of drug-likeness (QED) is 0.803. The molecule has 6 nitrogen and oxygen atoms in total. The van der Waals surface area contributed by atoms with Crippen molar-refractivity contribution < 1.29 is 13.6 Å². The van der Waals surface area contributed by atoms with Gasteiger partial charge in [0.1, 0.15) is 5.84 Å². The van der Waals surface area contributed by atoms with Crippen LogP contribution in [0.1, 0.15) is 27.2 Å². The molecule has 1 fully saturated rings. The van der Waals surface area contributed by atoms with Crippen LogP contribution in [-0.2, 0) is 13.6 Å². The zero-order valence-electron chi connectivity index (χ0n) is 12.1. The number of amidine groups is 1. The van der Waals surface area contributed by atoms with E-state index in [-0.39, 0.29) is 12.1 Å². The fourth-order valence-electron chi connectivity index (χ4n) is 2.62. The Labute approximate surface area is 114 Å². The SMILES string of the molecule is COP(=O)(N[C@H]1CC2=C(C)[C@H](C)N=C(C)N2C1)OC. The molecular formula is C12H22N3O3P. The lowest BCUT2D eigenvalue weighted by Gasteiger charge is -2.28. The standard InChI is InChI=1S/C12H22N3O3P/c1-8-9(2)13-10(3)15-7-11(6-12(8)15)14-19(16,17-4)18-5/h9,11H,6-7H2,1-5H3,(H,14,16)/t9-,11-/m0/s1. The molecule has 1 N–H and O–H groups in total. The minimum Gasteiger partial charge on any atom is -0.332 e. The number of nitrogens with one attached hydrogen (secondary N) is 1. The van der Waals surface area contributed by atoms with Crippen molar-refractivity contribution in [3.8, 4) is 0 Å². The van der Waals surface area contributed by atoms with E-state index in [0.717, 1.165) is 18.8 Å². The number of hydrogen-bond acceptors (Lipinski definition) is 5. The first-order valence-electron chi connectivity index (χ1n) is 6.41. The van der Waals surface area contributed by atoms with Gasteiger partial charge in [-0.2, -0.15) is 0 Å². The highest BCUT2D eigenvalue weighted by Gasteiger charge is 2.36. The van der Waals surface area contributed by atoms with E-state index in [1.165, 1.54) is 25.5 Å². The van der Waals surface area contributed by atoms with Crippen LogP contribution in [0.4, 0.5) is 0 Å². The summed E-state index contributed by atoms with van der Waals surface area (Å²) < 4.78 is 22.0. The molecule has 0 radical (unpaired) electrons. The van der Waals surface area contributed by atoms with Gasteiger partial charge < -0.3 is 13.9 Å². The smallest absolute Gasteiger partial charge is 0.332 e. The first-order chi connectivity index (χ1) is 8.90. The molecule has 108 valence electrons. The van der Waals surface area contributed by atoms with Gasteiger partial charge in [-0.3, -0.25) is 4.99 Å². The van der Waals surface area contributed by atoms with Gasteiger partial charge in [0.15, 0.2) is 0 Å². The van der Waals surface area contributed by atoms with E-state index < -0.39 is 7.75 Å². The highest BCUT2D eigenvalue weighted by molar-refractivity contribution is 7.51. The molecule has 0 aromatic rings. The zero-order chi connectivity index (χ0) is 14.2. The summed E-state index contributed by atoms with van der Waals surface area (Å²) in [6, 6.07) is 0.271. The van der Waals surface area contributed by atoms with E-state index in [4.69, 9.17) is 9.05 Å². The summed E-state index contributed by atoms with van der Waals surface area (Å²) in [5, 5.41) is 2.98. The van der Waals surface area contributed by atoms with Crippen LogP contribution in [0.25, 0.3) is 0 Å². The summed E-state index contributed by atoms with van der Waals surface area (Å²) in [4.78, 5) is 6.79. The average molecular weight is 287 g/mol. The van der Waals surface area contributed by atoms with Gasteiger partial charge in [-0.1, -0.05) is 0 Å². The van der Waals surface area contributed by atoms with E-state index >= 15 is 0 Å². The van der Waals surface area contributed by atoms with Gasteiger partial charge in [-0.05, 0) is 26.3 Å². The molecule has 7 heteroatoms. The summed E-state index contributed by atoms with van der Waals surface area (Å²) in [6.07, 6.45) is 0.819. The van der Waals surface area contributed by atoms with Gasteiger partial charge >= 0.3 is 7.75 Å². The minimum atomic E-state index is -3.18. The Bertz CT molecular complexity index is 467. The lowest BCUT2D eigenvalue weighted by Crippen LogP contribution is -2.35. The Morgan fingerprint density at radius 1 is 1.37 bits per heavy atom. The van der Waals surface area contributed by atoms with Crippen molar-refractivity contribution in [1.82, 2.24) is 9.99 Å². The number of fused-ring (bicyclic) bond motifs is 1. The van der Waals surface area contributed by atoms with Crippen LogP contribution in [0.15, 0.2) is 16.3 Å². The van der Waals surface area contributed by atoms with Crippen LogP contribution >= 0.6 is 7.75 Å². The number of aliphatic imine (C=N–C) groups is 1. The van der Waals surface area contributed by atoms with Gasteiger partial charge in [0, 0.05) is 38.9 Å². The molecule has 2 heterocycles. The fraction of sp³-hybridized carbons (Fsp3) is 0.750. The summed E-state index contributed by atoms with van der Waals surface area (Å²) in [6.45, 7) is 6.96. The van der Waals surface area contributed by atoms with Crippen molar-refractivity contribution in [3.63, 3.8) is 0 Å². The Balaban J connectivity index is 2.15. The molecule has 2 atom stereocenters. The normalized spacial score (nSPS) is 27.6. The Morgan fingerprint density at radius 3 is 2.58 bits per heavy atom. The molecule has 2 aliphatic heterocycles. The summed E-state index contributed by atoms with van der Waals surface area (Å²) in [5.41, 5.74) is 2.55. The van der Waals surface area contributed by atoms with Gasteiger partial charge in [-0.25, -0.2) is 9.65 Å². The second-order valence-electron chi connectivity index (χ2n) is 4.99. The third-order valence-corrected chi connectivity index (χ3v) is 5.49. The molecule has 0 aliphatic carbocycles. The molecule has 0 bridgehead atoms. The van der Waals surface area contributed by atoms with Crippen LogP contribution in [-0.4, -0.2) is 43.6 Å². The van der Waals surface area contributed by atoms with Gasteiger partial charge in [0.2, 0.25) is 0 Å². The van der Waals surface area contributed by atoms with Crippen LogP contribution in [0, 0.1) is 0 Å². The number of hydrogen-bond donors (Lipinski definition) is 1. The fourth-order valence-corrected chi connectivity index (χ4v) is 3.60. The highest BCUT2D eigenvalue weighted by atomic mass is 31.2. The van der Waals surface area contributed by atoms with Crippen molar-refractivity contribution in [1.29, 1.82) is 0 Å². The Hall–Kier alpha value is -0.680. The molecule has 0 spiro atoms. The molecule has 2 aliphatic rings. The Morgan fingerprint density at radius 2 is 2.00 bits per heavy atom. The molecule has 1 saturated heterocycles. The van der Waals surface area contributed by atoms with E-state index in [2.05, 4.69) is 28.8 Å². The molecule has 2 rings (SSSR count). The predicted molar refractivity (Wildman–Crippen MR) is 75.1 cm³/mol. The van der Waals surface area contributed by atoms with Crippen molar-refractivity contribution in [2.75, 3.05) is 20.8 Å².